The van der Waals surface area contributed by atoms with Gasteiger partial charge in [-0.15, -0.1) is 0 Å². The fourth-order valence-electron chi connectivity index (χ4n) is 1.54. The Labute approximate surface area is 103 Å². The van der Waals surface area contributed by atoms with Crippen molar-refractivity contribution < 1.29 is 9.90 Å². The highest BCUT2D eigenvalue weighted by Crippen LogP contribution is 2.19. The smallest absolute Gasteiger partial charge is 0.309 e. The van der Waals surface area contributed by atoms with Crippen molar-refractivity contribution in [3.05, 3.63) is 35.4 Å². The van der Waals surface area contributed by atoms with Gasteiger partial charge in [0.1, 0.15) is 0 Å². The zero-order valence-electron chi connectivity index (χ0n) is 10.8. The number of carbonyl (C=O) groups is 1. The Morgan fingerprint density at radius 2 is 2.00 bits per heavy atom. The Morgan fingerprint density at radius 3 is 2.59 bits per heavy atom. The monoisotopic (exact) mass is 235 g/mol. The van der Waals surface area contributed by atoms with Crippen molar-refractivity contribution in [1.82, 2.24) is 5.32 Å². The van der Waals surface area contributed by atoms with Gasteiger partial charge in [-0.05, 0) is 44.9 Å². The first-order chi connectivity index (χ1) is 7.93. The van der Waals surface area contributed by atoms with Crippen LogP contribution in [0.2, 0.25) is 0 Å². The fraction of sp³-hybridized carbons (Fsp3) is 0.500. The maximum atomic E-state index is 10.9. The van der Waals surface area contributed by atoms with E-state index in [-0.39, 0.29) is 0 Å². The van der Waals surface area contributed by atoms with Crippen LogP contribution in [-0.4, -0.2) is 17.6 Å². The highest BCUT2D eigenvalue weighted by atomic mass is 16.4. The van der Waals surface area contributed by atoms with Gasteiger partial charge in [0, 0.05) is 6.54 Å². The minimum absolute atomic E-state index is 0.633. The van der Waals surface area contributed by atoms with Gasteiger partial charge >= 0.3 is 5.97 Å². The van der Waals surface area contributed by atoms with Gasteiger partial charge in [0.15, 0.2) is 0 Å². The third kappa shape index (κ3) is 4.19. The second-order valence-electron chi connectivity index (χ2n) is 5.04. The largest absolute Gasteiger partial charge is 0.481 e. The molecule has 3 heteroatoms. The SMILES string of the molecule is Cc1ccccc1CNCCC(C)(C)C(=O)O. The number of carboxylic acid groups (broad SMARTS) is 1. The van der Waals surface area contributed by atoms with Crippen molar-refractivity contribution in [2.45, 2.75) is 33.7 Å². The number of hydrogen-bond donors (Lipinski definition) is 2. The van der Waals surface area contributed by atoms with E-state index in [0.29, 0.717) is 13.0 Å². The molecule has 0 saturated carbocycles. The van der Waals surface area contributed by atoms with Gasteiger partial charge in [-0.25, -0.2) is 0 Å². The van der Waals surface area contributed by atoms with E-state index in [1.54, 1.807) is 13.8 Å². The molecule has 0 atom stereocenters. The molecule has 2 N–H and O–H groups in total. The Kier molecular flexibility index (Phi) is 4.70. The van der Waals surface area contributed by atoms with E-state index in [9.17, 15) is 4.79 Å². The zero-order chi connectivity index (χ0) is 12.9. The minimum Gasteiger partial charge on any atom is -0.481 e. The molecule has 94 valence electrons. The first kappa shape index (κ1) is 13.7. The maximum absolute atomic E-state index is 10.9. The van der Waals surface area contributed by atoms with Crippen LogP contribution in [0.4, 0.5) is 0 Å². The molecule has 0 heterocycles. The molecule has 0 aliphatic rings. The average Bonchev–Trinajstić information content (AvgIpc) is 2.26. The van der Waals surface area contributed by atoms with E-state index < -0.39 is 11.4 Å². The topological polar surface area (TPSA) is 49.3 Å². The molecule has 0 aromatic heterocycles. The molecule has 0 spiro atoms. The molecule has 0 radical (unpaired) electrons. The minimum atomic E-state index is -0.741. The number of rotatable bonds is 6. The van der Waals surface area contributed by atoms with E-state index >= 15 is 0 Å². The summed E-state index contributed by atoms with van der Waals surface area (Å²) in [6, 6.07) is 8.21. The molecule has 17 heavy (non-hydrogen) atoms. The number of hydrogen-bond acceptors (Lipinski definition) is 2. The van der Waals surface area contributed by atoms with Crippen molar-refractivity contribution in [3.8, 4) is 0 Å². The van der Waals surface area contributed by atoms with Crippen molar-refractivity contribution in [2.75, 3.05) is 6.54 Å². The Balaban J connectivity index is 2.35. The first-order valence-corrected chi connectivity index (χ1v) is 5.92. The molecule has 1 rings (SSSR count). The summed E-state index contributed by atoms with van der Waals surface area (Å²) in [4.78, 5) is 10.9. The molecule has 0 unspecified atom stereocenters. The molecule has 1 aromatic rings. The van der Waals surface area contributed by atoms with E-state index in [1.807, 2.05) is 12.1 Å². The first-order valence-electron chi connectivity index (χ1n) is 5.92. The molecule has 0 aliphatic heterocycles. The van der Waals surface area contributed by atoms with Crippen LogP contribution in [0.5, 0.6) is 0 Å². The van der Waals surface area contributed by atoms with Gasteiger partial charge in [0.25, 0.3) is 0 Å². The normalized spacial score (nSPS) is 11.5. The van der Waals surface area contributed by atoms with E-state index in [0.717, 1.165) is 6.54 Å². The molecule has 3 nitrogen and oxygen atoms in total. The average molecular weight is 235 g/mol. The van der Waals surface area contributed by atoms with Crippen LogP contribution in [0, 0.1) is 12.3 Å². The van der Waals surface area contributed by atoms with E-state index in [2.05, 4.69) is 24.4 Å². The van der Waals surface area contributed by atoms with Crippen LogP contribution in [-0.2, 0) is 11.3 Å². The van der Waals surface area contributed by atoms with Gasteiger partial charge in [-0.3, -0.25) is 4.79 Å². The lowest BCUT2D eigenvalue weighted by Crippen LogP contribution is -2.28. The fourth-order valence-corrected chi connectivity index (χ4v) is 1.54. The molecule has 1 aromatic carbocycles. The lowest BCUT2D eigenvalue weighted by Gasteiger charge is -2.19. The van der Waals surface area contributed by atoms with Gasteiger partial charge in [0.05, 0.1) is 5.41 Å². The van der Waals surface area contributed by atoms with Crippen molar-refractivity contribution in [1.29, 1.82) is 0 Å². The quantitative estimate of drug-likeness (QED) is 0.745. The molecule has 0 saturated heterocycles. The maximum Gasteiger partial charge on any atom is 0.309 e. The van der Waals surface area contributed by atoms with Gasteiger partial charge in [0.2, 0.25) is 0 Å². The summed E-state index contributed by atoms with van der Waals surface area (Å²) < 4.78 is 0. The molecular weight excluding hydrogens is 214 g/mol. The molecule has 0 aliphatic carbocycles. The van der Waals surface area contributed by atoms with Crippen molar-refractivity contribution in [2.24, 2.45) is 5.41 Å². The number of nitrogens with one attached hydrogen (secondary N) is 1. The summed E-state index contributed by atoms with van der Waals surface area (Å²) in [5, 5.41) is 12.3. The lowest BCUT2D eigenvalue weighted by atomic mass is 9.90. The highest BCUT2D eigenvalue weighted by Gasteiger charge is 2.25. The van der Waals surface area contributed by atoms with Gasteiger partial charge in [-0.2, -0.15) is 0 Å². The predicted octanol–water partition coefficient (Wildman–Crippen LogP) is 2.59. The Morgan fingerprint density at radius 1 is 1.35 bits per heavy atom. The molecule has 0 fully saturated rings. The van der Waals surface area contributed by atoms with Crippen LogP contribution < -0.4 is 5.32 Å². The number of carboxylic acids is 1. The van der Waals surface area contributed by atoms with Crippen LogP contribution >= 0.6 is 0 Å². The summed E-state index contributed by atoms with van der Waals surface area (Å²) in [6.07, 6.45) is 0.633. The third-order valence-electron chi connectivity index (χ3n) is 3.08. The highest BCUT2D eigenvalue weighted by molar-refractivity contribution is 5.73. The second-order valence-corrected chi connectivity index (χ2v) is 5.04. The summed E-state index contributed by atoms with van der Waals surface area (Å²) in [6.45, 7) is 7.10. The van der Waals surface area contributed by atoms with Crippen LogP contribution in [0.15, 0.2) is 24.3 Å². The Hall–Kier alpha value is -1.35. The number of aryl methyl sites for hydroxylation is 1. The van der Waals surface area contributed by atoms with E-state index in [4.69, 9.17) is 5.11 Å². The lowest BCUT2D eigenvalue weighted by molar-refractivity contribution is -0.147. The number of benzene rings is 1. The number of aliphatic carboxylic acids is 1. The van der Waals surface area contributed by atoms with Gasteiger partial charge in [-0.1, -0.05) is 24.3 Å². The van der Waals surface area contributed by atoms with Crippen molar-refractivity contribution >= 4 is 5.97 Å². The van der Waals surface area contributed by atoms with Crippen molar-refractivity contribution in [3.63, 3.8) is 0 Å². The molecule has 0 bridgehead atoms. The summed E-state index contributed by atoms with van der Waals surface area (Å²) >= 11 is 0. The third-order valence-corrected chi connectivity index (χ3v) is 3.08. The molecule has 0 amide bonds. The van der Waals surface area contributed by atoms with Crippen LogP contribution in [0.3, 0.4) is 0 Å². The predicted molar refractivity (Wildman–Crippen MR) is 68.9 cm³/mol. The summed E-state index contributed by atoms with van der Waals surface area (Å²) in [5.74, 6) is -0.741. The van der Waals surface area contributed by atoms with Gasteiger partial charge < -0.3 is 10.4 Å². The molecular formula is C14H21NO2. The summed E-state index contributed by atoms with van der Waals surface area (Å²) in [7, 11) is 0. The van der Waals surface area contributed by atoms with E-state index in [1.165, 1.54) is 11.1 Å². The van der Waals surface area contributed by atoms with Crippen LogP contribution in [0.1, 0.15) is 31.4 Å². The van der Waals surface area contributed by atoms with Crippen LogP contribution in [0.25, 0.3) is 0 Å². The second kappa shape index (κ2) is 5.82. The standard InChI is InChI=1S/C14H21NO2/c1-11-6-4-5-7-12(11)10-15-9-8-14(2,3)13(16)17/h4-7,15H,8-10H2,1-3H3,(H,16,17). The Bertz CT molecular complexity index is 386. The zero-order valence-corrected chi connectivity index (χ0v) is 10.8. The summed E-state index contributed by atoms with van der Waals surface area (Å²) in [5.41, 5.74) is 1.87.